The number of benzene rings is 1. The van der Waals surface area contributed by atoms with Gasteiger partial charge in [0.2, 0.25) is 0 Å². The van der Waals surface area contributed by atoms with Crippen LogP contribution in [0.4, 0.5) is 5.69 Å². The van der Waals surface area contributed by atoms with Gasteiger partial charge in [-0.1, -0.05) is 29.3 Å². The minimum atomic E-state index is -0.349. The van der Waals surface area contributed by atoms with E-state index in [1.165, 1.54) is 0 Å². The fraction of sp³-hybridized carbons (Fsp3) is 0.158. The van der Waals surface area contributed by atoms with E-state index in [1.807, 2.05) is 19.9 Å². The number of fused-ring (bicyclic) bond motifs is 1. The summed E-state index contributed by atoms with van der Waals surface area (Å²) in [5.41, 5.74) is 3.83. The third-order valence-corrected chi connectivity index (χ3v) is 5.83. The first-order valence-electron chi connectivity index (χ1n) is 8.63. The topological polar surface area (TPSA) is 77.1 Å². The molecule has 29 heavy (non-hydrogen) atoms. The summed E-state index contributed by atoms with van der Waals surface area (Å²) >= 11 is 15.7. The summed E-state index contributed by atoms with van der Waals surface area (Å²) in [6, 6.07) is 7.09. The van der Waals surface area contributed by atoms with Crippen molar-refractivity contribution in [1.82, 2.24) is 24.4 Å². The maximum Gasteiger partial charge on any atom is 0.277 e. The zero-order valence-corrected chi connectivity index (χ0v) is 18.5. The van der Waals surface area contributed by atoms with Gasteiger partial charge in [-0.25, -0.2) is 9.50 Å². The maximum absolute atomic E-state index is 12.9. The number of hydrogen-bond acceptors (Lipinski definition) is 4. The molecule has 3 heterocycles. The maximum atomic E-state index is 12.9. The number of amides is 1. The summed E-state index contributed by atoms with van der Waals surface area (Å²) in [4.78, 5) is 17.1. The summed E-state index contributed by atoms with van der Waals surface area (Å²) in [6.45, 7) is 4.18. The van der Waals surface area contributed by atoms with E-state index in [-0.39, 0.29) is 11.6 Å². The van der Waals surface area contributed by atoms with Crippen LogP contribution in [-0.4, -0.2) is 30.3 Å². The number of carbonyl (C=O) groups is 1. The van der Waals surface area contributed by atoms with E-state index in [4.69, 9.17) is 23.2 Å². The second kappa shape index (κ2) is 7.78. The van der Waals surface area contributed by atoms with Crippen LogP contribution in [0, 0.1) is 13.8 Å². The van der Waals surface area contributed by atoms with Crippen molar-refractivity contribution < 1.29 is 4.79 Å². The number of hydrogen-bond donors (Lipinski definition) is 1. The Morgan fingerprint density at radius 3 is 2.76 bits per heavy atom. The molecule has 0 saturated heterocycles. The van der Waals surface area contributed by atoms with Gasteiger partial charge < -0.3 is 5.32 Å². The van der Waals surface area contributed by atoms with Gasteiger partial charge in [-0.15, -0.1) is 0 Å². The lowest BCUT2D eigenvalue weighted by Crippen LogP contribution is -2.14. The number of aromatic nitrogens is 5. The van der Waals surface area contributed by atoms with E-state index in [0.717, 1.165) is 11.3 Å². The largest absolute Gasteiger partial charge is 0.317 e. The third kappa shape index (κ3) is 3.75. The van der Waals surface area contributed by atoms with Crippen LogP contribution >= 0.6 is 39.1 Å². The Labute approximate surface area is 184 Å². The summed E-state index contributed by atoms with van der Waals surface area (Å²) < 4.78 is 3.87. The minimum Gasteiger partial charge on any atom is -0.317 e. The van der Waals surface area contributed by atoms with Gasteiger partial charge >= 0.3 is 0 Å². The quantitative estimate of drug-likeness (QED) is 0.438. The van der Waals surface area contributed by atoms with Gasteiger partial charge in [-0.2, -0.15) is 10.2 Å². The molecular formula is C19H15BrCl2N6O. The molecule has 0 bridgehead atoms. The highest BCUT2D eigenvalue weighted by molar-refractivity contribution is 9.10. The number of anilines is 1. The molecule has 0 aliphatic rings. The molecule has 10 heteroatoms. The Morgan fingerprint density at radius 2 is 2.03 bits per heavy atom. The van der Waals surface area contributed by atoms with E-state index < -0.39 is 0 Å². The van der Waals surface area contributed by atoms with Gasteiger partial charge in [0.05, 0.1) is 28.1 Å². The van der Waals surface area contributed by atoms with Gasteiger partial charge in [0.1, 0.15) is 0 Å². The summed E-state index contributed by atoms with van der Waals surface area (Å²) in [7, 11) is 0. The Kier molecular flexibility index (Phi) is 5.33. The molecule has 0 unspecified atom stereocenters. The van der Waals surface area contributed by atoms with Gasteiger partial charge in [0, 0.05) is 22.4 Å². The van der Waals surface area contributed by atoms with Crippen molar-refractivity contribution in [3.8, 4) is 0 Å². The monoisotopic (exact) mass is 492 g/mol. The molecule has 0 radical (unpaired) electrons. The second-order valence-electron chi connectivity index (χ2n) is 6.44. The number of rotatable bonds is 4. The van der Waals surface area contributed by atoms with Crippen LogP contribution in [0.2, 0.25) is 10.0 Å². The molecule has 0 fully saturated rings. The molecule has 1 aromatic carbocycles. The van der Waals surface area contributed by atoms with Crippen LogP contribution in [0.25, 0.3) is 5.65 Å². The smallest absolute Gasteiger partial charge is 0.277 e. The normalized spacial score (nSPS) is 11.2. The molecular weight excluding hydrogens is 479 g/mol. The van der Waals surface area contributed by atoms with Crippen LogP contribution in [0.1, 0.15) is 27.4 Å². The van der Waals surface area contributed by atoms with Crippen LogP contribution in [0.3, 0.4) is 0 Å². The van der Waals surface area contributed by atoms with Crippen molar-refractivity contribution in [2.45, 2.75) is 20.4 Å². The molecule has 3 aromatic heterocycles. The zero-order chi connectivity index (χ0) is 20.7. The highest BCUT2D eigenvalue weighted by atomic mass is 79.9. The molecule has 0 atom stereocenters. The van der Waals surface area contributed by atoms with Crippen molar-refractivity contribution >= 4 is 56.4 Å². The molecule has 4 rings (SSSR count). The zero-order valence-electron chi connectivity index (χ0n) is 15.4. The molecule has 148 valence electrons. The molecule has 7 nitrogen and oxygen atoms in total. The Balaban J connectivity index is 1.62. The lowest BCUT2D eigenvalue weighted by Gasteiger charge is -2.08. The van der Waals surface area contributed by atoms with E-state index >= 15 is 0 Å². The van der Waals surface area contributed by atoms with Gasteiger partial charge in [-0.3, -0.25) is 9.48 Å². The van der Waals surface area contributed by atoms with Crippen molar-refractivity contribution in [3.63, 3.8) is 0 Å². The van der Waals surface area contributed by atoms with Gasteiger partial charge in [-0.05, 0) is 53.5 Å². The highest BCUT2D eigenvalue weighted by Gasteiger charge is 2.21. The number of nitrogens with one attached hydrogen (secondary N) is 1. The lowest BCUT2D eigenvalue weighted by atomic mass is 10.2. The highest BCUT2D eigenvalue weighted by Crippen LogP contribution is 2.26. The number of aryl methyl sites for hydroxylation is 1. The summed E-state index contributed by atoms with van der Waals surface area (Å²) in [5, 5.41) is 12.9. The van der Waals surface area contributed by atoms with Gasteiger partial charge in [0.25, 0.3) is 5.91 Å². The molecule has 0 spiro atoms. The molecule has 4 aromatic rings. The standard InChI is InChI=1S/C19H15BrCl2N6O/c1-10-16(11(2)28(25-10)9-12-4-5-13(21)8-14(12)22)24-19(29)17-15(20)18-23-6-3-7-27(18)26-17/h3-8H,9H2,1-2H3,(H,24,29). The van der Waals surface area contributed by atoms with Crippen LogP contribution < -0.4 is 5.32 Å². The third-order valence-electron chi connectivity index (χ3n) is 4.51. The predicted octanol–water partition coefficient (Wildman–Crippen LogP) is 4.91. The SMILES string of the molecule is Cc1nn(Cc2ccc(Cl)cc2Cl)c(C)c1NC(=O)c1nn2cccnc2c1Br. The van der Waals surface area contributed by atoms with Gasteiger partial charge in [0.15, 0.2) is 11.3 Å². The van der Waals surface area contributed by atoms with E-state index in [9.17, 15) is 4.79 Å². The molecule has 0 aliphatic carbocycles. The Bertz CT molecular complexity index is 1250. The molecule has 1 amide bonds. The first-order chi connectivity index (χ1) is 13.8. The number of halogens is 3. The van der Waals surface area contributed by atoms with Crippen LogP contribution in [0.5, 0.6) is 0 Å². The predicted molar refractivity (Wildman–Crippen MR) is 116 cm³/mol. The first kappa shape index (κ1) is 19.9. The Morgan fingerprint density at radius 1 is 1.24 bits per heavy atom. The van der Waals surface area contributed by atoms with Crippen molar-refractivity contribution in [2.75, 3.05) is 5.32 Å². The van der Waals surface area contributed by atoms with E-state index in [0.29, 0.717) is 38.1 Å². The Hall–Kier alpha value is -2.42. The average Bonchev–Trinajstić information content (AvgIpc) is 3.16. The minimum absolute atomic E-state index is 0.246. The molecule has 1 N–H and O–H groups in total. The fourth-order valence-electron chi connectivity index (χ4n) is 3.02. The average molecular weight is 494 g/mol. The van der Waals surface area contributed by atoms with Crippen LogP contribution in [-0.2, 0) is 6.54 Å². The number of carbonyl (C=O) groups excluding carboxylic acids is 1. The molecule has 0 aliphatic heterocycles. The second-order valence-corrected chi connectivity index (χ2v) is 8.08. The van der Waals surface area contributed by atoms with Crippen LogP contribution in [0.15, 0.2) is 41.1 Å². The van der Waals surface area contributed by atoms with Crippen molar-refractivity contribution in [2.24, 2.45) is 0 Å². The lowest BCUT2D eigenvalue weighted by molar-refractivity contribution is 0.102. The van der Waals surface area contributed by atoms with Crippen molar-refractivity contribution in [1.29, 1.82) is 0 Å². The van der Waals surface area contributed by atoms with E-state index in [1.54, 1.807) is 39.8 Å². The number of nitrogens with zero attached hydrogens (tertiary/aromatic N) is 5. The van der Waals surface area contributed by atoms with Crippen molar-refractivity contribution in [3.05, 3.63) is 73.8 Å². The molecule has 0 saturated carbocycles. The van der Waals surface area contributed by atoms with E-state index in [2.05, 4.69) is 36.4 Å². The summed E-state index contributed by atoms with van der Waals surface area (Å²) in [6.07, 6.45) is 3.37. The first-order valence-corrected chi connectivity index (χ1v) is 10.2. The summed E-state index contributed by atoms with van der Waals surface area (Å²) in [5.74, 6) is -0.349. The fourth-order valence-corrected chi connectivity index (χ4v) is 4.03.